The van der Waals surface area contributed by atoms with Crippen LogP contribution in [0.25, 0.3) is 0 Å². The fourth-order valence-electron chi connectivity index (χ4n) is 2.46. The van der Waals surface area contributed by atoms with Crippen LogP contribution in [-0.2, 0) is 16.0 Å². The van der Waals surface area contributed by atoms with Crippen molar-refractivity contribution < 1.29 is 19.1 Å². The summed E-state index contributed by atoms with van der Waals surface area (Å²) < 4.78 is 5.15. The lowest BCUT2D eigenvalue weighted by atomic mass is 9.95. The molecule has 1 aliphatic carbocycles. The second kappa shape index (κ2) is 5.71. The number of carboxylic acids is 1. The quantitative estimate of drug-likeness (QED) is 0.829. The molecule has 0 spiro atoms. The van der Waals surface area contributed by atoms with Gasteiger partial charge >= 0.3 is 5.97 Å². The first-order valence-corrected chi connectivity index (χ1v) is 6.21. The maximum atomic E-state index is 11.9. The van der Waals surface area contributed by atoms with Crippen molar-refractivity contribution in [3.63, 3.8) is 0 Å². The van der Waals surface area contributed by atoms with Gasteiger partial charge in [0.15, 0.2) is 0 Å². The third-order valence-electron chi connectivity index (χ3n) is 3.42. The van der Waals surface area contributed by atoms with Gasteiger partial charge in [-0.1, -0.05) is 6.42 Å². The number of carbonyl (C=O) groups is 2. The Kier molecular flexibility index (Phi) is 4.02. The molecule has 2 atom stereocenters. The number of hydrogen-bond donors (Lipinski definition) is 2. The zero-order valence-corrected chi connectivity index (χ0v) is 10.1. The van der Waals surface area contributed by atoms with E-state index in [9.17, 15) is 9.59 Å². The van der Waals surface area contributed by atoms with E-state index < -0.39 is 11.9 Å². The molecule has 0 saturated heterocycles. The molecule has 0 aliphatic heterocycles. The lowest BCUT2D eigenvalue weighted by Gasteiger charge is -2.15. The molecule has 2 rings (SSSR count). The lowest BCUT2D eigenvalue weighted by Crippen LogP contribution is -2.36. The molecule has 2 unspecified atom stereocenters. The zero-order chi connectivity index (χ0) is 13.0. The van der Waals surface area contributed by atoms with Crippen LogP contribution in [-0.4, -0.2) is 23.5 Å². The average Bonchev–Trinajstić information content (AvgIpc) is 2.99. The maximum absolute atomic E-state index is 11.9. The molecule has 1 heterocycles. The van der Waals surface area contributed by atoms with E-state index in [0.29, 0.717) is 25.8 Å². The van der Waals surface area contributed by atoms with E-state index in [2.05, 4.69) is 5.32 Å². The van der Waals surface area contributed by atoms with Crippen LogP contribution < -0.4 is 5.32 Å². The Labute approximate surface area is 105 Å². The van der Waals surface area contributed by atoms with Crippen LogP contribution >= 0.6 is 0 Å². The van der Waals surface area contributed by atoms with E-state index in [0.717, 1.165) is 12.2 Å². The topological polar surface area (TPSA) is 79.5 Å². The molecule has 1 fully saturated rings. The van der Waals surface area contributed by atoms with Crippen LogP contribution in [0.2, 0.25) is 0 Å². The SMILES string of the molecule is O=C(O)C1CCCC1C(=O)NCCc1ccco1. The summed E-state index contributed by atoms with van der Waals surface area (Å²) >= 11 is 0. The number of aliphatic carboxylic acids is 1. The van der Waals surface area contributed by atoms with Gasteiger partial charge in [-0.15, -0.1) is 0 Å². The van der Waals surface area contributed by atoms with Crippen molar-refractivity contribution in [1.29, 1.82) is 0 Å². The number of hydrogen-bond acceptors (Lipinski definition) is 3. The highest BCUT2D eigenvalue weighted by Gasteiger charge is 2.37. The third-order valence-corrected chi connectivity index (χ3v) is 3.42. The van der Waals surface area contributed by atoms with Crippen LogP contribution in [0.5, 0.6) is 0 Å². The fourth-order valence-corrected chi connectivity index (χ4v) is 2.46. The summed E-state index contributed by atoms with van der Waals surface area (Å²) in [5.41, 5.74) is 0. The van der Waals surface area contributed by atoms with Crippen molar-refractivity contribution >= 4 is 11.9 Å². The van der Waals surface area contributed by atoms with E-state index in [1.54, 1.807) is 12.3 Å². The Morgan fingerprint density at radius 3 is 2.83 bits per heavy atom. The first-order valence-electron chi connectivity index (χ1n) is 6.21. The van der Waals surface area contributed by atoms with Crippen LogP contribution in [0.15, 0.2) is 22.8 Å². The number of furan rings is 1. The van der Waals surface area contributed by atoms with Crippen molar-refractivity contribution in [3.8, 4) is 0 Å². The predicted octanol–water partition coefficient (Wildman–Crippen LogP) is 1.44. The predicted molar refractivity (Wildman–Crippen MR) is 63.9 cm³/mol. The summed E-state index contributed by atoms with van der Waals surface area (Å²) in [5, 5.41) is 11.8. The minimum absolute atomic E-state index is 0.147. The van der Waals surface area contributed by atoms with Crippen LogP contribution in [0.1, 0.15) is 25.0 Å². The van der Waals surface area contributed by atoms with Crippen molar-refractivity contribution in [2.45, 2.75) is 25.7 Å². The molecule has 18 heavy (non-hydrogen) atoms. The third kappa shape index (κ3) is 2.91. The summed E-state index contributed by atoms with van der Waals surface area (Å²) in [6, 6.07) is 3.65. The number of carboxylic acid groups (broad SMARTS) is 1. The molecule has 5 nitrogen and oxygen atoms in total. The molecule has 1 saturated carbocycles. The second-order valence-corrected chi connectivity index (χ2v) is 4.60. The minimum atomic E-state index is -0.862. The Morgan fingerprint density at radius 2 is 2.17 bits per heavy atom. The molecule has 1 aromatic rings. The first kappa shape index (κ1) is 12.7. The summed E-state index contributed by atoms with van der Waals surface area (Å²) in [6.07, 6.45) is 4.31. The number of amides is 1. The van der Waals surface area contributed by atoms with E-state index in [1.165, 1.54) is 0 Å². The molecule has 5 heteroatoms. The molecule has 98 valence electrons. The second-order valence-electron chi connectivity index (χ2n) is 4.60. The van der Waals surface area contributed by atoms with Gasteiger partial charge in [-0.2, -0.15) is 0 Å². The Bertz CT molecular complexity index is 413. The van der Waals surface area contributed by atoms with Gasteiger partial charge in [0.2, 0.25) is 5.91 Å². The van der Waals surface area contributed by atoms with Crippen LogP contribution in [0.3, 0.4) is 0 Å². The molecule has 0 bridgehead atoms. The first-order chi connectivity index (χ1) is 8.68. The number of rotatable bonds is 5. The molecule has 0 radical (unpaired) electrons. The molecule has 0 aromatic carbocycles. The normalized spacial score (nSPS) is 22.9. The average molecular weight is 251 g/mol. The van der Waals surface area contributed by atoms with Gasteiger partial charge in [-0.25, -0.2) is 0 Å². The van der Waals surface area contributed by atoms with E-state index >= 15 is 0 Å². The maximum Gasteiger partial charge on any atom is 0.307 e. The minimum Gasteiger partial charge on any atom is -0.481 e. The van der Waals surface area contributed by atoms with E-state index in [4.69, 9.17) is 9.52 Å². The van der Waals surface area contributed by atoms with Gasteiger partial charge < -0.3 is 14.8 Å². The highest BCUT2D eigenvalue weighted by molar-refractivity contribution is 5.85. The van der Waals surface area contributed by atoms with Crippen LogP contribution in [0, 0.1) is 11.8 Å². The standard InChI is InChI=1S/C13H17NO4/c15-12(10-4-1-5-11(10)13(16)17)14-7-6-9-3-2-8-18-9/h2-3,8,10-11H,1,4-7H2,(H,14,15)(H,16,17). The van der Waals surface area contributed by atoms with Gasteiger partial charge in [0.1, 0.15) is 5.76 Å². The molecule has 1 aromatic heterocycles. The van der Waals surface area contributed by atoms with Crippen LogP contribution in [0.4, 0.5) is 0 Å². The molecular weight excluding hydrogens is 234 g/mol. The molecule has 1 aliphatic rings. The fraction of sp³-hybridized carbons (Fsp3) is 0.538. The van der Waals surface area contributed by atoms with Crippen molar-refractivity contribution in [1.82, 2.24) is 5.32 Å². The molecule has 2 N–H and O–H groups in total. The number of carbonyl (C=O) groups excluding carboxylic acids is 1. The van der Waals surface area contributed by atoms with Gasteiger partial charge in [0.25, 0.3) is 0 Å². The van der Waals surface area contributed by atoms with E-state index in [1.807, 2.05) is 6.07 Å². The summed E-state index contributed by atoms with van der Waals surface area (Å²) in [6.45, 7) is 0.481. The highest BCUT2D eigenvalue weighted by atomic mass is 16.4. The van der Waals surface area contributed by atoms with Gasteiger partial charge in [0, 0.05) is 13.0 Å². The van der Waals surface area contributed by atoms with E-state index in [-0.39, 0.29) is 11.8 Å². The van der Waals surface area contributed by atoms with Crippen molar-refractivity contribution in [2.24, 2.45) is 11.8 Å². The summed E-state index contributed by atoms with van der Waals surface area (Å²) in [4.78, 5) is 22.9. The number of nitrogens with one attached hydrogen (secondary N) is 1. The smallest absolute Gasteiger partial charge is 0.307 e. The van der Waals surface area contributed by atoms with Gasteiger partial charge in [-0.05, 0) is 25.0 Å². The Hall–Kier alpha value is -1.78. The van der Waals surface area contributed by atoms with Gasteiger partial charge in [-0.3, -0.25) is 9.59 Å². The lowest BCUT2D eigenvalue weighted by molar-refractivity contribution is -0.146. The summed E-state index contributed by atoms with van der Waals surface area (Å²) in [7, 11) is 0. The monoisotopic (exact) mass is 251 g/mol. The Morgan fingerprint density at radius 1 is 1.39 bits per heavy atom. The van der Waals surface area contributed by atoms with Crippen molar-refractivity contribution in [2.75, 3.05) is 6.54 Å². The molecule has 1 amide bonds. The highest BCUT2D eigenvalue weighted by Crippen LogP contribution is 2.31. The molecular formula is C13H17NO4. The zero-order valence-electron chi connectivity index (χ0n) is 10.1. The largest absolute Gasteiger partial charge is 0.481 e. The van der Waals surface area contributed by atoms with Gasteiger partial charge in [0.05, 0.1) is 18.1 Å². The summed E-state index contributed by atoms with van der Waals surface area (Å²) in [5.74, 6) is -1.09. The Balaban J connectivity index is 1.79. The van der Waals surface area contributed by atoms with Crippen molar-refractivity contribution in [3.05, 3.63) is 24.2 Å².